The maximum Gasteiger partial charge on any atom is 0.343 e. The van der Waals surface area contributed by atoms with Gasteiger partial charge in [0.05, 0.1) is 5.56 Å². The Morgan fingerprint density at radius 1 is 0.630 bits per heavy atom. The van der Waals surface area contributed by atoms with E-state index in [2.05, 4.69) is 30.3 Å². The molecule has 2 nitrogen and oxygen atoms in total. The van der Waals surface area contributed by atoms with E-state index in [4.69, 9.17) is 4.74 Å². The van der Waals surface area contributed by atoms with Gasteiger partial charge in [0.2, 0.25) is 0 Å². The summed E-state index contributed by atoms with van der Waals surface area (Å²) in [7, 11) is 0. The molecular weight excluding hydrogens is 332 g/mol. The third-order valence-corrected chi connectivity index (χ3v) is 4.91. The molecule has 0 N–H and O–H groups in total. The van der Waals surface area contributed by atoms with Crippen molar-refractivity contribution in [2.45, 2.75) is 0 Å². The summed E-state index contributed by atoms with van der Waals surface area (Å²) in [5.41, 5.74) is 4.61. The van der Waals surface area contributed by atoms with Crippen LogP contribution in [0.2, 0.25) is 0 Å². The van der Waals surface area contributed by atoms with Crippen molar-refractivity contribution >= 4 is 28.1 Å². The minimum absolute atomic E-state index is 0.344. The summed E-state index contributed by atoms with van der Waals surface area (Å²) in [5.74, 6) is 0.283. The van der Waals surface area contributed by atoms with E-state index in [9.17, 15) is 4.79 Å². The van der Waals surface area contributed by atoms with Crippen molar-refractivity contribution in [2.75, 3.05) is 0 Å². The van der Waals surface area contributed by atoms with Crippen LogP contribution in [0.5, 0.6) is 0 Å². The molecule has 1 aliphatic carbocycles. The van der Waals surface area contributed by atoms with Gasteiger partial charge in [-0.3, -0.25) is 0 Å². The van der Waals surface area contributed by atoms with Gasteiger partial charge in [0, 0.05) is 16.5 Å². The Balaban J connectivity index is 1.72. The number of hydrogen-bond donors (Lipinski definition) is 0. The van der Waals surface area contributed by atoms with Crippen LogP contribution in [-0.4, -0.2) is 5.97 Å². The highest BCUT2D eigenvalue weighted by Crippen LogP contribution is 2.45. The van der Waals surface area contributed by atoms with Crippen LogP contribution in [0.15, 0.2) is 97.1 Å². The molecule has 0 aliphatic heterocycles. The van der Waals surface area contributed by atoms with Crippen molar-refractivity contribution in [3.8, 4) is 0 Å². The monoisotopic (exact) mass is 348 g/mol. The molecule has 128 valence electrons. The normalized spacial score (nSPS) is 12.4. The fourth-order valence-corrected chi connectivity index (χ4v) is 3.72. The maximum atomic E-state index is 12.8. The lowest BCUT2D eigenvalue weighted by Crippen LogP contribution is -2.05. The number of rotatable bonds is 3. The largest absolute Gasteiger partial charge is 0.422 e. The third-order valence-electron chi connectivity index (χ3n) is 4.91. The van der Waals surface area contributed by atoms with Gasteiger partial charge >= 0.3 is 5.97 Å². The molecule has 0 unspecified atom stereocenters. The maximum absolute atomic E-state index is 12.8. The lowest BCUT2D eigenvalue weighted by atomic mass is 9.98. The van der Waals surface area contributed by atoms with Crippen molar-refractivity contribution in [3.05, 3.63) is 119 Å². The zero-order valence-corrected chi connectivity index (χ0v) is 14.6. The molecule has 2 heteroatoms. The van der Waals surface area contributed by atoms with Gasteiger partial charge in [0.15, 0.2) is 0 Å². The van der Waals surface area contributed by atoms with Gasteiger partial charge in [0.25, 0.3) is 0 Å². The Kier molecular flexibility index (Phi) is 3.61. The molecule has 4 aromatic carbocycles. The second-order valence-corrected chi connectivity index (χ2v) is 6.53. The first-order valence-electron chi connectivity index (χ1n) is 8.92. The summed E-state index contributed by atoms with van der Waals surface area (Å²) in [4.78, 5) is 12.8. The molecule has 27 heavy (non-hydrogen) atoms. The zero-order valence-electron chi connectivity index (χ0n) is 14.6. The molecule has 0 heterocycles. The Morgan fingerprint density at radius 3 is 1.96 bits per heavy atom. The average Bonchev–Trinajstić information content (AvgIpc) is 3.05. The molecule has 0 saturated carbocycles. The number of benzene rings is 4. The standard InChI is InChI=1S/C25H16O2/c26-25(19-11-5-2-6-12-19)27-24-21-16-8-14-17-13-7-15-20(22(17)21)23(24)18-9-3-1-4-10-18/h1-16H. The summed E-state index contributed by atoms with van der Waals surface area (Å²) < 4.78 is 5.98. The van der Waals surface area contributed by atoms with Crippen molar-refractivity contribution in [1.82, 2.24) is 0 Å². The topological polar surface area (TPSA) is 26.3 Å². The SMILES string of the molecule is O=C(OC1=C(c2ccccc2)c2cccc3cccc1c23)c1ccccc1. The number of esters is 1. The number of ether oxygens (including phenoxy) is 1. The van der Waals surface area contributed by atoms with E-state index >= 15 is 0 Å². The van der Waals surface area contributed by atoms with E-state index in [1.54, 1.807) is 12.1 Å². The average molecular weight is 348 g/mol. The Labute approximate surface area is 157 Å². The Morgan fingerprint density at radius 2 is 1.26 bits per heavy atom. The van der Waals surface area contributed by atoms with Crippen molar-refractivity contribution in [3.63, 3.8) is 0 Å². The van der Waals surface area contributed by atoms with E-state index in [1.165, 1.54) is 0 Å². The minimum atomic E-state index is -0.344. The van der Waals surface area contributed by atoms with E-state index < -0.39 is 0 Å². The first-order chi connectivity index (χ1) is 13.3. The fourth-order valence-electron chi connectivity index (χ4n) is 3.72. The fraction of sp³-hybridized carbons (Fsp3) is 0. The van der Waals surface area contributed by atoms with Gasteiger partial charge in [-0.25, -0.2) is 4.79 Å². The second kappa shape index (κ2) is 6.26. The van der Waals surface area contributed by atoms with Gasteiger partial charge in [-0.15, -0.1) is 0 Å². The van der Waals surface area contributed by atoms with Gasteiger partial charge < -0.3 is 4.74 Å². The van der Waals surface area contributed by atoms with Crippen LogP contribution in [0.3, 0.4) is 0 Å². The highest BCUT2D eigenvalue weighted by Gasteiger charge is 2.28. The van der Waals surface area contributed by atoms with Gasteiger partial charge in [-0.1, -0.05) is 84.9 Å². The molecule has 0 aromatic heterocycles. The first kappa shape index (κ1) is 15.6. The number of carbonyl (C=O) groups is 1. The highest BCUT2D eigenvalue weighted by atomic mass is 16.5. The Hall–Kier alpha value is -3.65. The van der Waals surface area contributed by atoms with Crippen LogP contribution in [0, 0.1) is 0 Å². The minimum Gasteiger partial charge on any atom is -0.422 e. The molecule has 4 aromatic rings. The Bertz CT molecular complexity index is 1180. The summed E-state index contributed by atoms with van der Waals surface area (Å²) in [6.45, 7) is 0. The van der Waals surface area contributed by atoms with Crippen molar-refractivity contribution in [1.29, 1.82) is 0 Å². The van der Waals surface area contributed by atoms with Crippen LogP contribution in [0.4, 0.5) is 0 Å². The van der Waals surface area contributed by atoms with Crippen LogP contribution in [-0.2, 0) is 4.74 Å². The number of carbonyl (C=O) groups excluding carboxylic acids is 1. The molecule has 1 aliphatic rings. The van der Waals surface area contributed by atoms with Crippen LogP contribution < -0.4 is 0 Å². The lowest BCUT2D eigenvalue weighted by molar-refractivity contribution is 0.0693. The molecule has 0 spiro atoms. The van der Waals surface area contributed by atoms with Crippen LogP contribution in [0.25, 0.3) is 22.1 Å². The van der Waals surface area contributed by atoms with Crippen molar-refractivity contribution < 1.29 is 9.53 Å². The summed E-state index contributed by atoms with van der Waals surface area (Å²) in [6, 6.07) is 31.6. The highest BCUT2D eigenvalue weighted by molar-refractivity contribution is 6.17. The van der Waals surface area contributed by atoms with E-state index in [-0.39, 0.29) is 5.97 Å². The van der Waals surface area contributed by atoms with E-state index in [0.717, 1.165) is 33.0 Å². The van der Waals surface area contributed by atoms with Gasteiger partial charge in [0.1, 0.15) is 5.76 Å². The second-order valence-electron chi connectivity index (χ2n) is 6.53. The molecule has 0 saturated heterocycles. The molecule has 0 radical (unpaired) electrons. The van der Waals surface area contributed by atoms with Gasteiger partial charge in [-0.2, -0.15) is 0 Å². The molecule has 0 fully saturated rings. The first-order valence-corrected chi connectivity index (χ1v) is 8.92. The van der Waals surface area contributed by atoms with E-state index in [1.807, 2.05) is 54.6 Å². The predicted molar refractivity (Wildman–Crippen MR) is 108 cm³/mol. The molecule has 0 atom stereocenters. The predicted octanol–water partition coefficient (Wildman–Crippen LogP) is 5.93. The van der Waals surface area contributed by atoms with E-state index in [0.29, 0.717) is 11.3 Å². The van der Waals surface area contributed by atoms with Crippen LogP contribution in [0.1, 0.15) is 27.0 Å². The summed E-state index contributed by atoms with van der Waals surface area (Å²) >= 11 is 0. The smallest absolute Gasteiger partial charge is 0.343 e. The third kappa shape index (κ3) is 2.54. The van der Waals surface area contributed by atoms with Crippen LogP contribution >= 0.6 is 0 Å². The zero-order chi connectivity index (χ0) is 18.2. The quantitative estimate of drug-likeness (QED) is 0.429. The molecular formula is C25H16O2. The number of hydrogen-bond acceptors (Lipinski definition) is 2. The summed E-state index contributed by atoms with van der Waals surface area (Å²) in [6.07, 6.45) is 0. The van der Waals surface area contributed by atoms with Crippen molar-refractivity contribution in [2.24, 2.45) is 0 Å². The molecule has 0 bridgehead atoms. The lowest BCUT2D eigenvalue weighted by Gasteiger charge is -2.11. The molecule has 5 rings (SSSR count). The van der Waals surface area contributed by atoms with Gasteiger partial charge in [-0.05, 0) is 28.6 Å². The summed E-state index contributed by atoms with van der Waals surface area (Å²) in [5, 5.41) is 2.28. The molecule has 0 amide bonds.